The number of thiophene rings is 1. The Hall–Kier alpha value is -0.180. The first-order valence-electron chi connectivity index (χ1n) is 4.54. The van der Waals surface area contributed by atoms with Gasteiger partial charge in [-0.05, 0) is 29.7 Å². The fourth-order valence-electron chi connectivity index (χ4n) is 1.60. The Kier molecular flexibility index (Phi) is 3.05. The predicted octanol–water partition coefficient (Wildman–Crippen LogP) is 4.49. The number of thiol groups is 1. The first kappa shape index (κ1) is 10.3. The molecule has 3 heteroatoms. The van der Waals surface area contributed by atoms with E-state index in [0.29, 0.717) is 5.88 Å². The third-order valence-electron chi connectivity index (χ3n) is 2.40. The van der Waals surface area contributed by atoms with Crippen molar-refractivity contribution < 1.29 is 0 Å². The molecule has 0 radical (unpaired) electrons. The summed E-state index contributed by atoms with van der Waals surface area (Å²) in [6.07, 6.45) is 1.04. The lowest BCUT2D eigenvalue weighted by atomic mass is 10.0. The number of hydrogen-bond donors (Lipinski definition) is 1. The summed E-state index contributed by atoms with van der Waals surface area (Å²) in [6.45, 7) is 2.16. The Morgan fingerprint density at radius 2 is 2.14 bits per heavy atom. The average Bonchev–Trinajstić information content (AvgIpc) is 2.58. The minimum absolute atomic E-state index is 0.585. The van der Waals surface area contributed by atoms with E-state index in [1.54, 1.807) is 11.3 Å². The molecule has 1 heterocycles. The van der Waals surface area contributed by atoms with E-state index < -0.39 is 0 Å². The van der Waals surface area contributed by atoms with Crippen LogP contribution in [0.25, 0.3) is 10.1 Å². The van der Waals surface area contributed by atoms with Crippen LogP contribution in [0, 0.1) is 0 Å². The molecule has 0 unspecified atom stereocenters. The van der Waals surface area contributed by atoms with Crippen molar-refractivity contribution in [2.75, 3.05) is 0 Å². The maximum atomic E-state index is 5.91. The van der Waals surface area contributed by atoms with Gasteiger partial charge in [0.05, 0.1) is 0 Å². The summed E-state index contributed by atoms with van der Waals surface area (Å²) in [7, 11) is 0. The molecule has 0 nitrogen and oxygen atoms in total. The van der Waals surface area contributed by atoms with Crippen molar-refractivity contribution in [3.8, 4) is 0 Å². The molecular formula is C11H11ClS2. The molecule has 0 saturated heterocycles. The molecule has 0 aliphatic carbocycles. The fraction of sp³-hybridized carbons (Fsp3) is 0.273. The van der Waals surface area contributed by atoms with Crippen molar-refractivity contribution in [3.05, 3.63) is 28.6 Å². The van der Waals surface area contributed by atoms with Crippen LogP contribution in [-0.4, -0.2) is 0 Å². The van der Waals surface area contributed by atoms with Crippen LogP contribution in [0.5, 0.6) is 0 Å². The summed E-state index contributed by atoms with van der Waals surface area (Å²) in [4.78, 5) is 1.05. The lowest BCUT2D eigenvalue weighted by Gasteiger charge is -2.05. The van der Waals surface area contributed by atoms with Gasteiger partial charge in [0, 0.05) is 26.2 Å². The second-order valence-corrected chi connectivity index (χ2v) is 4.89. The van der Waals surface area contributed by atoms with Gasteiger partial charge in [-0.3, -0.25) is 0 Å². The Bertz CT molecular complexity index is 460. The first-order valence-corrected chi connectivity index (χ1v) is 6.40. The fourth-order valence-corrected chi connectivity index (χ4v) is 3.14. The minimum Gasteiger partial charge on any atom is -0.143 e. The van der Waals surface area contributed by atoms with Crippen LogP contribution in [0.15, 0.2) is 22.4 Å². The quantitative estimate of drug-likeness (QED) is 0.582. The normalized spacial score (nSPS) is 11.1. The highest BCUT2D eigenvalue weighted by Crippen LogP contribution is 2.31. The highest BCUT2D eigenvalue weighted by atomic mass is 35.5. The zero-order valence-electron chi connectivity index (χ0n) is 7.88. The maximum absolute atomic E-state index is 5.91. The van der Waals surface area contributed by atoms with Gasteiger partial charge in [0.2, 0.25) is 0 Å². The standard InChI is InChI=1S/C11H11ClS2/c1-2-7-4-11-9(3-8(7)5-12)10(13)6-14-11/h3-4,6,13H,2,5H2,1H3. The third kappa shape index (κ3) is 1.67. The molecule has 0 fully saturated rings. The number of aryl methyl sites for hydroxylation is 1. The molecule has 0 aliphatic heterocycles. The van der Waals surface area contributed by atoms with E-state index >= 15 is 0 Å². The molecule has 0 saturated carbocycles. The van der Waals surface area contributed by atoms with Crippen LogP contribution < -0.4 is 0 Å². The highest BCUT2D eigenvalue weighted by molar-refractivity contribution is 7.80. The van der Waals surface area contributed by atoms with Gasteiger partial charge in [0.1, 0.15) is 0 Å². The number of alkyl halides is 1. The molecule has 1 aromatic heterocycles. The zero-order valence-corrected chi connectivity index (χ0v) is 10.3. The molecule has 0 aliphatic rings. The number of rotatable bonds is 2. The van der Waals surface area contributed by atoms with Crippen LogP contribution in [-0.2, 0) is 12.3 Å². The van der Waals surface area contributed by atoms with Crippen LogP contribution >= 0.6 is 35.6 Å². The van der Waals surface area contributed by atoms with E-state index in [9.17, 15) is 0 Å². The van der Waals surface area contributed by atoms with Gasteiger partial charge >= 0.3 is 0 Å². The van der Waals surface area contributed by atoms with Gasteiger partial charge in [-0.1, -0.05) is 6.92 Å². The molecule has 2 rings (SSSR count). The van der Waals surface area contributed by atoms with Crippen molar-refractivity contribution in [1.29, 1.82) is 0 Å². The van der Waals surface area contributed by atoms with E-state index in [1.807, 2.05) is 0 Å². The summed E-state index contributed by atoms with van der Waals surface area (Å²) in [6, 6.07) is 4.40. The largest absolute Gasteiger partial charge is 0.143 e. The number of benzene rings is 1. The maximum Gasteiger partial charge on any atom is 0.0477 e. The SMILES string of the molecule is CCc1cc2scc(S)c2cc1CCl. The third-order valence-corrected chi connectivity index (χ3v) is 4.18. The highest BCUT2D eigenvalue weighted by Gasteiger charge is 2.06. The summed E-state index contributed by atoms with van der Waals surface area (Å²) < 4.78 is 1.31. The number of halogens is 1. The van der Waals surface area contributed by atoms with E-state index in [-0.39, 0.29) is 0 Å². The minimum atomic E-state index is 0.585. The van der Waals surface area contributed by atoms with Crippen molar-refractivity contribution >= 4 is 45.7 Å². The molecule has 0 N–H and O–H groups in total. The van der Waals surface area contributed by atoms with Crippen LogP contribution in [0.4, 0.5) is 0 Å². The average molecular weight is 243 g/mol. The Labute approximate surface area is 98.3 Å². The lowest BCUT2D eigenvalue weighted by Crippen LogP contribution is -1.88. The molecule has 0 amide bonds. The predicted molar refractivity (Wildman–Crippen MR) is 68.0 cm³/mol. The molecule has 0 spiro atoms. The second kappa shape index (κ2) is 4.13. The van der Waals surface area contributed by atoms with Gasteiger partial charge in [0.25, 0.3) is 0 Å². The van der Waals surface area contributed by atoms with E-state index in [2.05, 4.69) is 37.1 Å². The number of hydrogen-bond acceptors (Lipinski definition) is 2. The van der Waals surface area contributed by atoms with Gasteiger partial charge in [-0.2, -0.15) is 0 Å². The molecule has 0 bridgehead atoms. The zero-order chi connectivity index (χ0) is 10.1. The molecule has 2 aromatic rings. The summed E-state index contributed by atoms with van der Waals surface area (Å²) in [5.41, 5.74) is 2.58. The van der Waals surface area contributed by atoms with E-state index in [1.165, 1.54) is 21.2 Å². The Morgan fingerprint density at radius 1 is 1.36 bits per heavy atom. The Balaban J connectivity index is 2.71. The second-order valence-electron chi connectivity index (χ2n) is 3.23. The van der Waals surface area contributed by atoms with Gasteiger partial charge in [0.15, 0.2) is 0 Å². The van der Waals surface area contributed by atoms with Gasteiger partial charge in [-0.25, -0.2) is 0 Å². The molecule has 0 atom stereocenters. The van der Waals surface area contributed by atoms with E-state index in [4.69, 9.17) is 11.6 Å². The van der Waals surface area contributed by atoms with E-state index in [0.717, 1.165) is 11.3 Å². The van der Waals surface area contributed by atoms with Crippen molar-refractivity contribution in [1.82, 2.24) is 0 Å². The van der Waals surface area contributed by atoms with Crippen LogP contribution in [0.3, 0.4) is 0 Å². The summed E-state index contributed by atoms with van der Waals surface area (Å²) in [5, 5.41) is 3.30. The molecular weight excluding hydrogens is 232 g/mol. The van der Waals surface area contributed by atoms with Gasteiger partial charge in [-0.15, -0.1) is 35.6 Å². The van der Waals surface area contributed by atoms with Crippen molar-refractivity contribution in [2.24, 2.45) is 0 Å². The van der Waals surface area contributed by atoms with Crippen molar-refractivity contribution in [2.45, 2.75) is 24.1 Å². The lowest BCUT2D eigenvalue weighted by molar-refractivity contribution is 1.11. The smallest absolute Gasteiger partial charge is 0.0477 e. The topological polar surface area (TPSA) is 0 Å². The monoisotopic (exact) mass is 242 g/mol. The molecule has 1 aromatic carbocycles. The molecule has 14 heavy (non-hydrogen) atoms. The number of fused-ring (bicyclic) bond motifs is 1. The van der Waals surface area contributed by atoms with Crippen LogP contribution in [0.2, 0.25) is 0 Å². The van der Waals surface area contributed by atoms with Crippen molar-refractivity contribution in [3.63, 3.8) is 0 Å². The van der Waals surface area contributed by atoms with Gasteiger partial charge < -0.3 is 0 Å². The summed E-state index contributed by atoms with van der Waals surface area (Å²) in [5.74, 6) is 0.585. The first-order chi connectivity index (χ1) is 6.76. The molecule has 74 valence electrons. The summed E-state index contributed by atoms with van der Waals surface area (Å²) >= 11 is 12.1. The van der Waals surface area contributed by atoms with Crippen LogP contribution in [0.1, 0.15) is 18.1 Å². The Morgan fingerprint density at radius 3 is 2.79 bits per heavy atom.